The molecular formula is C15H20N2O6S2. The van der Waals surface area contributed by atoms with Crippen LogP contribution in [-0.4, -0.2) is 58.1 Å². The molecular weight excluding hydrogens is 368 g/mol. The molecule has 25 heavy (non-hydrogen) atoms. The zero-order valence-electron chi connectivity index (χ0n) is 14.0. The summed E-state index contributed by atoms with van der Waals surface area (Å²) >= 11 is 0. The Bertz CT molecular complexity index is 869. The highest BCUT2D eigenvalue weighted by Gasteiger charge is 2.38. The van der Waals surface area contributed by atoms with Gasteiger partial charge >= 0.3 is 0 Å². The van der Waals surface area contributed by atoms with Crippen LogP contribution in [-0.2, 0) is 29.6 Å². The summed E-state index contributed by atoms with van der Waals surface area (Å²) in [7, 11) is -7.41. The quantitative estimate of drug-likeness (QED) is 0.750. The van der Waals surface area contributed by atoms with E-state index in [4.69, 9.17) is 4.74 Å². The van der Waals surface area contributed by atoms with E-state index in [2.05, 4.69) is 0 Å². The number of anilines is 1. The van der Waals surface area contributed by atoms with Crippen LogP contribution in [0, 0.1) is 0 Å². The second kappa shape index (κ2) is 6.35. The summed E-state index contributed by atoms with van der Waals surface area (Å²) in [6, 6.07) is 4.77. The standard InChI is InChI=1S/C15H20N2O6S2/c1-11-9-23-10-12(2)16(11)25(21,22)14-5-3-13(4-6-14)17-15(18)7-8-24(17,19)20/h3-6,11-12H,7-10H2,1-2H3. The van der Waals surface area contributed by atoms with Crippen LogP contribution in [0.5, 0.6) is 0 Å². The summed E-state index contributed by atoms with van der Waals surface area (Å²) in [4.78, 5) is 11.9. The molecule has 10 heteroatoms. The van der Waals surface area contributed by atoms with E-state index < -0.39 is 26.0 Å². The van der Waals surface area contributed by atoms with Crippen molar-refractivity contribution in [1.29, 1.82) is 0 Å². The van der Waals surface area contributed by atoms with E-state index >= 15 is 0 Å². The molecule has 8 nitrogen and oxygen atoms in total. The van der Waals surface area contributed by atoms with Crippen molar-refractivity contribution in [2.45, 2.75) is 37.2 Å². The lowest BCUT2D eigenvalue weighted by atomic mass is 10.2. The van der Waals surface area contributed by atoms with E-state index in [1.807, 2.05) is 0 Å². The van der Waals surface area contributed by atoms with Crippen LogP contribution in [0.4, 0.5) is 5.69 Å². The summed E-state index contributed by atoms with van der Waals surface area (Å²) in [5.41, 5.74) is 0.157. The van der Waals surface area contributed by atoms with Crippen LogP contribution in [0.1, 0.15) is 20.3 Å². The molecule has 2 atom stereocenters. The number of amides is 1. The largest absolute Gasteiger partial charge is 0.378 e. The molecule has 0 radical (unpaired) electrons. The van der Waals surface area contributed by atoms with Crippen LogP contribution in [0.15, 0.2) is 29.2 Å². The first-order chi connectivity index (χ1) is 11.6. The maximum absolute atomic E-state index is 12.9. The van der Waals surface area contributed by atoms with Gasteiger partial charge in [0.05, 0.1) is 29.5 Å². The molecule has 1 aromatic carbocycles. The van der Waals surface area contributed by atoms with Crippen LogP contribution < -0.4 is 4.31 Å². The van der Waals surface area contributed by atoms with Gasteiger partial charge in [-0.05, 0) is 38.1 Å². The number of benzene rings is 1. The molecule has 0 aliphatic carbocycles. The van der Waals surface area contributed by atoms with Crippen LogP contribution in [0.25, 0.3) is 0 Å². The Morgan fingerprint density at radius 2 is 1.64 bits per heavy atom. The minimum Gasteiger partial charge on any atom is -0.378 e. The lowest BCUT2D eigenvalue weighted by Gasteiger charge is -2.37. The Hall–Kier alpha value is -1.49. The highest BCUT2D eigenvalue weighted by atomic mass is 32.2. The lowest BCUT2D eigenvalue weighted by molar-refractivity contribution is -0.116. The van der Waals surface area contributed by atoms with Crippen LogP contribution >= 0.6 is 0 Å². The third-order valence-corrected chi connectivity index (χ3v) is 8.15. The van der Waals surface area contributed by atoms with Crippen molar-refractivity contribution >= 4 is 31.6 Å². The fourth-order valence-corrected chi connectivity index (χ4v) is 6.46. The molecule has 3 rings (SSSR count). The predicted molar refractivity (Wildman–Crippen MR) is 91.1 cm³/mol. The Labute approximate surface area is 147 Å². The number of ether oxygens (including phenoxy) is 1. The molecule has 2 saturated heterocycles. The van der Waals surface area contributed by atoms with Crippen molar-refractivity contribution in [2.75, 3.05) is 23.3 Å². The number of rotatable bonds is 3. The molecule has 0 bridgehead atoms. The van der Waals surface area contributed by atoms with Gasteiger partial charge in [0.25, 0.3) is 0 Å². The zero-order valence-corrected chi connectivity index (χ0v) is 15.6. The fraction of sp³-hybridized carbons (Fsp3) is 0.533. The van der Waals surface area contributed by atoms with Gasteiger partial charge in [0.2, 0.25) is 26.0 Å². The summed E-state index contributed by atoms with van der Waals surface area (Å²) in [5, 5.41) is 0. The third-order valence-electron chi connectivity index (χ3n) is 4.31. The highest BCUT2D eigenvalue weighted by Crippen LogP contribution is 2.29. The van der Waals surface area contributed by atoms with Gasteiger partial charge in [-0.15, -0.1) is 0 Å². The maximum Gasteiger partial charge on any atom is 0.243 e. The maximum atomic E-state index is 12.9. The fourth-order valence-electron chi connectivity index (χ4n) is 3.21. The first kappa shape index (κ1) is 18.3. The van der Waals surface area contributed by atoms with Gasteiger partial charge in [0.1, 0.15) is 0 Å². The van der Waals surface area contributed by atoms with E-state index in [1.54, 1.807) is 13.8 Å². The number of nitrogens with zero attached hydrogens (tertiary/aromatic N) is 2. The molecule has 0 N–H and O–H groups in total. The van der Waals surface area contributed by atoms with Gasteiger partial charge in [-0.2, -0.15) is 4.31 Å². The lowest BCUT2D eigenvalue weighted by Crippen LogP contribution is -2.52. The highest BCUT2D eigenvalue weighted by molar-refractivity contribution is 7.94. The summed E-state index contributed by atoms with van der Waals surface area (Å²) in [5.74, 6) is -0.736. The molecule has 2 heterocycles. The van der Waals surface area contributed by atoms with E-state index in [0.717, 1.165) is 4.31 Å². The van der Waals surface area contributed by atoms with Crippen molar-refractivity contribution < 1.29 is 26.4 Å². The first-order valence-electron chi connectivity index (χ1n) is 7.92. The molecule has 2 unspecified atom stereocenters. The Balaban J connectivity index is 1.93. The van der Waals surface area contributed by atoms with E-state index in [1.165, 1.54) is 28.6 Å². The minimum absolute atomic E-state index is 0.0564. The minimum atomic E-state index is -3.74. The van der Waals surface area contributed by atoms with Crippen molar-refractivity contribution in [3.63, 3.8) is 0 Å². The van der Waals surface area contributed by atoms with Crippen LogP contribution in [0.2, 0.25) is 0 Å². The number of morpholine rings is 1. The van der Waals surface area contributed by atoms with Crippen molar-refractivity contribution in [1.82, 2.24) is 4.31 Å². The van der Waals surface area contributed by atoms with E-state index in [-0.39, 0.29) is 34.8 Å². The molecule has 138 valence electrons. The molecule has 2 aliphatic heterocycles. The number of sulfonamides is 2. The van der Waals surface area contributed by atoms with Crippen molar-refractivity contribution in [3.8, 4) is 0 Å². The normalized spacial score (nSPS) is 27.6. The summed E-state index contributed by atoms with van der Waals surface area (Å²) in [6.07, 6.45) is -0.0643. The molecule has 0 saturated carbocycles. The second-order valence-electron chi connectivity index (χ2n) is 6.29. The molecule has 0 spiro atoms. The number of hydrogen-bond acceptors (Lipinski definition) is 6. The molecule has 1 aromatic rings. The average Bonchev–Trinajstić information content (AvgIpc) is 2.80. The first-order valence-corrected chi connectivity index (χ1v) is 11.0. The number of carbonyl (C=O) groups excluding carboxylic acids is 1. The van der Waals surface area contributed by atoms with Gasteiger partial charge in [-0.25, -0.2) is 21.1 Å². The van der Waals surface area contributed by atoms with Gasteiger partial charge in [-0.3, -0.25) is 4.79 Å². The summed E-state index contributed by atoms with van der Waals surface area (Å²) in [6.45, 7) is 4.19. The van der Waals surface area contributed by atoms with Crippen molar-refractivity contribution in [2.24, 2.45) is 0 Å². The van der Waals surface area contributed by atoms with Gasteiger partial charge < -0.3 is 4.74 Å². The SMILES string of the molecule is CC1COCC(C)N1S(=O)(=O)c1ccc(N2C(=O)CCS2(=O)=O)cc1. The van der Waals surface area contributed by atoms with Crippen molar-refractivity contribution in [3.05, 3.63) is 24.3 Å². The van der Waals surface area contributed by atoms with E-state index in [0.29, 0.717) is 13.2 Å². The molecule has 0 aromatic heterocycles. The van der Waals surface area contributed by atoms with Gasteiger partial charge in [-0.1, -0.05) is 0 Å². The molecule has 2 fully saturated rings. The summed E-state index contributed by atoms with van der Waals surface area (Å²) < 4.78 is 57.2. The number of hydrogen-bond donors (Lipinski definition) is 0. The second-order valence-corrected chi connectivity index (χ2v) is 10.1. The monoisotopic (exact) mass is 388 g/mol. The predicted octanol–water partition coefficient (Wildman–Crippen LogP) is 0.551. The third kappa shape index (κ3) is 3.19. The van der Waals surface area contributed by atoms with Gasteiger partial charge in [0.15, 0.2) is 0 Å². The zero-order chi connectivity index (χ0) is 18.4. The Morgan fingerprint density at radius 1 is 1.08 bits per heavy atom. The Kier molecular flexibility index (Phi) is 4.65. The molecule has 1 amide bonds. The smallest absolute Gasteiger partial charge is 0.243 e. The topological polar surface area (TPSA) is 101 Å². The number of carbonyl (C=O) groups is 1. The van der Waals surface area contributed by atoms with Gasteiger partial charge in [0, 0.05) is 18.5 Å². The van der Waals surface area contributed by atoms with Crippen LogP contribution in [0.3, 0.4) is 0 Å². The average molecular weight is 388 g/mol. The molecule has 2 aliphatic rings. The van der Waals surface area contributed by atoms with E-state index in [9.17, 15) is 21.6 Å². The Morgan fingerprint density at radius 3 is 2.12 bits per heavy atom.